The van der Waals surface area contributed by atoms with Gasteiger partial charge in [0.1, 0.15) is 5.69 Å². The second kappa shape index (κ2) is 6.59. The molecular formula is C13H15N5O2S. The molecule has 0 radical (unpaired) electrons. The number of amides is 1. The highest BCUT2D eigenvalue weighted by molar-refractivity contribution is 7.14. The molecule has 2 aromatic heterocycles. The van der Waals surface area contributed by atoms with Gasteiger partial charge in [0.25, 0.3) is 5.91 Å². The summed E-state index contributed by atoms with van der Waals surface area (Å²) in [5, 5.41) is 8.09. The molecule has 1 amide bonds. The van der Waals surface area contributed by atoms with E-state index >= 15 is 0 Å². The van der Waals surface area contributed by atoms with Crippen LogP contribution in [0, 0.1) is 0 Å². The maximum absolute atomic E-state index is 12.0. The van der Waals surface area contributed by atoms with E-state index in [1.807, 2.05) is 0 Å². The van der Waals surface area contributed by atoms with Gasteiger partial charge < -0.3 is 15.4 Å². The molecule has 1 unspecified atom stereocenters. The van der Waals surface area contributed by atoms with Crippen molar-refractivity contribution in [2.75, 3.05) is 18.5 Å². The molecule has 3 heterocycles. The van der Waals surface area contributed by atoms with E-state index in [1.165, 1.54) is 11.3 Å². The Kier molecular flexibility index (Phi) is 4.37. The average Bonchev–Trinajstić information content (AvgIpc) is 3.17. The van der Waals surface area contributed by atoms with Crippen molar-refractivity contribution >= 4 is 28.3 Å². The molecule has 0 aromatic carbocycles. The summed E-state index contributed by atoms with van der Waals surface area (Å²) >= 11 is 1.34. The standard InChI is InChI=1S/C13H15N5O2S/c19-11(16-7-9-3-1-6-20-9)10-8-21-13(17-10)18-12-14-4-2-5-15-12/h2,4-5,8-9H,1,3,6-7H2,(H,16,19)(H,14,15,17,18). The Labute approximate surface area is 125 Å². The molecule has 0 bridgehead atoms. The Morgan fingerprint density at radius 1 is 1.43 bits per heavy atom. The van der Waals surface area contributed by atoms with Crippen LogP contribution in [0.2, 0.25) is 0 Å². The zero-order valence-electron chi connectivity index (χ0n) is 11.3. The maximum atomic E-state index is 12.0. The fourth-order valence-corrected chi connectivity index (χ4v) is 2.68. The van der Waals surface area contributed by atoms with Crippen LogP contribution >= 0.6 is 11.3 Å². The first kappa shape index (κ1) is 13.9. The number of nitrogens with one attached hydrogen (secondary N) is 2. The third kappa shape index (κ3) is 3.73. The molecular weight excluding hydrogens is 290 g/mol. The first-order chi connectivity index (χ1) is 10.3. The molecule has 1 aliphatic heterocycles. The number of carbonyl (C=O) groups is 1. The SMILES string of the molecule is O=C(NCC1CCCO1)c1csc(Nc2ncccn2)n1. The quantitative estimate of drug-likeness (QED) is 0.872. The Balaban J connectivity index is 1.55. The van der Waals surface area contributed by atoms with Crippen molar-refractivity contribution in [2.45, 2.75) is 18.9 Å². The Hall–Kier alpha value is -2.06. The summed E-state index contributed by atoms with van der Waals surface area (Å²) in [5.41, 5.74) is 0.386. The molecule has 1 aliphatic rings. The van der Waals surface area contributed by atoms with E-state index in [0.717, 1.165) is 19.4 Å². The Bertz CT molecular complexity index is 598. The minimum absolute atomic E-state index is 0.128. The number of anilines is 2. The summed E-state index contributed by atoms with van der Waals surface area (Å²) in [6.45, 7) is 1.31. The van der Waals surface area contributed by atoms with E-state index in [1.54, 1.807) is 23.8 Å². The molecule has 110 valence electrons. The van der Waals surface area contributed by atoms with Gasteiger partial charge >= 0.3 is 0 Å². The fourth-order valence-electron chi connectivity index (χ4n) is 2.00. The number of rotatable bonds is 5. The van der Waals surface area contributed by atoms with Crippen LogP contribution < -0.4 is 10.6 Å². The first-order valence-electron chi connectivity index (χ1n) is 6.70. The minimum Gasteiger partial charge on any atom is -0.376 e. The predicted octanol–water partition coefficient (Wildman–Crippen LogP) is 1.59. The van der Waals surface area contributed by atoms with Gasteiger partial charge in [-0.2, -0.15) is 0 Å². The predicted molar refractivity (Wildman–Crippen MR) is 78.7 cm³/mol. The van der Waals surface area contributed by atoms with Crippen LogP contribution in [0.1, 0.15) is 23.3 Å². The van der Waals surface area contributed by atoms with Gasteiger partial charge in [0.15, 0.2) is 5.13 Å². The highest BCUT2D eigenvalue weighted by Crippen LogP contribution is 2.18. The van der Waals surface area contributed by atoms with E-state index < -0.39 is 0 Å². The molecule has 2 N–H and O–H groups in total. The van der Waals surface area contributed by atoms with Crippen molar-refractivity contribution in [1.29, 1.82) is 0 Å². The molecule has 0 spiro atoms. The normalized spacial score (nSPS) is 17.6. The van der Waals surface area contributed by atoms with Crippen molar-refractivity contribution < 1.29 is 9.53 Å². The number of aromatic nitrogens is 3. The lowest BCUT2D eigenvalue weighted by Crippen LogP contribution is -2.31. The molecule has 7 nitrogen and oxygen atoms in total. The van der Waals surface area contributed by atoms with E-state index in [2.05, 4.69) is 25.6 Å². The third-order valence-corrected chi connectivity index (χ3v) is 3.79. The van der Waals surface area contributed by atoms with Gasteiger partial charge in [-0.3, -0.25) is 4.79 Å². The van der Waals surface area contributed by atoms with Crippen LogP contribution in [0.5, 0.6) is 0 Å². The molecule has 8 heteroatoms. The van der Waals surface area contributed by atoms with Gasteiger partial charge in [-0.25, -0.2) is 15.0 Å². The molecule has 0 aliphatic carbocycles. The molecule has 0 saturated carbocycles. The molecule has 2 aromatic rings. The van der Waals surface area contributed by atoms with Crippen molar-refractivity contribution in [2.24, 2.45) is 0 Å². The summed E-state index contributed by atoms with van der Waals surface area (Å²) in [6.07, 6.45) is 5.46. The van der Waals surface area contributed by atoms with Crippen molar-refractivity contribution in [3.63, 3.8) is 0 Å². The van der Waals surface area contributed by atoms with Gasteiger partial charge in [-0.05, 0) is 18.9 Å². The van der Waals surface area contributed by atoms with E-state index in [9.17, 15) is 4.79 Å². The van der Waals surface area contributed by atoms with E-state index in [-0.39, 0.29) is 12.0 Å². The number of carbonyl (C=O) groups excluding carboxylic acids is 1. The lowest BCUT2D eigenvalue weighted by atomic mass is 10.2. The van der Waals surface area contributed by atoms with Crippen molar-refractivity contribution in [1.82, 2.24) is 20.3 Å². The highest BCUT2D eigenvalue weighted by atomic mass is 32.1. The van der Waals surface area contributed by atoms with Gasteiger partial charge in [0.05, 0.1) is 6.10 Å². The van der Waals surface area contributed by atoms with E-state index in [4.69, 9.17) is 4.74 Å². The summed E-state index contributed by atoms with van der Waals surface area (Å²) in [4.78, 5) is 24.3. The summed E-state index contributed by atoms with van der Waals surface area (Å²) < 4.78 is 5.46. The average molecular weight is 305 g/mol. The molecule has 1 atom stereocenters. The van der Waals surface area contributed by atoms with Crippen LogP contribution in [0.3, 0.4) is 0 Å². The topological polar surface area (TPSA) is 89.0 Å². The first-order valence-corrected chi connectivity index (χ1v) is 7.58. The Morgan fingerprint density at radius 2 is 2.29 bits per heavy atom. The van der Waals surface area contributed by atoms with Crippen LogP contribution in [-0.2, 0) is 4.74 Å². The molecule has 1 fully saturated rings. The van der Waals surface area contributed by atoms with Crippen LogP contribution in [0.4, 0.5) is 11.1 Å². The summed E-state index contributed by atoms with van der Waals surface area (Å²) in [5.74, 6) is 0.266. The lowest BCUT2D eigenvalue weighted by molar-refractivity contribution is 0.0854. The molecule has 1 saturated heterocycles. The number of hydrogen-bond donors (Lipinski definition) is 2. The third-order valence-electron chi connectivity index (χ3n) is 3.04. The van der Waals surface area contributed by atoms with Crippen LogP contribution in [-0.4, -0.2) is 40.1 Å². The number of ether oxygens (including phenoxy) is 1. The lowest BCUT2D eigenvalue weighted by Gasteiger charge is -2.09. The number of hydrogen-bond acceptors (Lipinski definition) is 7. The van der Waals surface area contributed by atoms with E-state index in [0.29, 0.717) is 23.3 Å². The zero-order chi connectivity index (χ0) is 14.5. The second-order valence-corrected chi connectivity index (χ2v) is 5.44. The summed E-state index contributed by atoms with van der Waals surface area (Å²) in [7, 11) is 0. The smallest absolute Gasteiger partial charge is 0.270 e. The zero-order valence-corrected chi connectivity index (χ0v) is 12.1. The fraction of sp³-hybridized carbons (Fsp3) is 0.385. The van der Waals surface area contributed by atoms with Crippen molar-refractivity contribution in [3.8, 4) is 0 Å². The van der Waals surface area contributed by atoms with Gasteiger partial charge in [-0.15, -0.1) is 11.3 Å². The van der Waals surface area contributed by atoms with Gasteiger partial charge in [-0.1, -0.05) is 0 Å². The van der Waals surface area contributed by atoms with Crippen molar-refractivity contribution in [3.05, 3.63) is 29.5 Å². The molecule has 21 heavy (non-hydrogen) atoms. The highest BCUT2D eigenvalue weighted by Gasteiger charge is 2.17. The number of nitrogens with zero attached hydrogens (tertiary/aromatic N) is 3. The largest absolute Gasteiger partial charge is 0.376 e. The van der Waals surface area contributed by atoms with Crippen LogP contribution in [0.25, 0.3) is 0 Å². The maximum Gasteiger partial charge on any atom is 0.270 e. The van der Waals surface area contributed by atoms with Gasteiger partial charge in [0.2, 0.25) is 5.95 Å². The Morgan fingerprint density at radius 3 is 3.05 bits per heavy atom. The van der Waals surface area contributed by atoms with Crippen LogP contribution in [0.15, 0.2) is 23.8 Å². The monoisotopic (exact) mass is 305 g/mol. The van der Waals surface area contributed by atoms with Gasteiger partial charge in [0, 0.05) is 30.9 Å². The minimum atomic E-state index is -0.191. The molecule has 3 rings (SSSR count). The second-order valence-electron chi connectivity index (χ2n) is 4.58. The summed E-state index contributed by atoms with van der Waals surface area (Å²) in [6, 6.07) is 1.73. The number of thiazole rings is 1.